The fourth-order valence-electron chi connectivity index (χ4n) is 3.10. The Kier molecular flexibility index (Phi) is 2.85. The lowest BCUT2D eigenvalue weighted by molar-refractivity contribution is 0.636. The second kappa shape index (κ2) is 4.85. The molecule has 0 amide bonds. The normalized spacial score (nSPS) is 14.2. The van der Waals surface area contributed by atoms with E-state index in [1.165, 1.54) is 17.2 Å². The molecule has 0 aliphatic carbocycles. The van der Waals surface area contributed by atoms with Crippen LogP contribution >= 0.6 is 0 Å². The van der Waals surface area contributed by atoms with Gasteiger partial charge in [0.15, 0.2) is 0 Å². The van der Waals surface area contributed by atoms with E-state index in [0.717, 1.165) is 30.6 Å². The van der Waals surface area contributed by atoms with Crippen LogP contribution in [0.3, 0.4) is 0 Å². The number of para-hydroxylation sites is 1. The fourth-order valence-corrected chi connectivity index (χ4v) is 3.10. The van der Waals surface area contributed by atoms with Gasteiger partial charge in [-0.2, -0.15) is 0 Å². The quantitative estimate of drug-likeness (QED) is 0.670. The Bertz CT molecular complexity index is 813. The van der Waals surface area contributed by atoms with Crippen molar-refractivity contribution in [2.24, 2.45) is 0 Å². The number of nitrogens with zero attached hydrogens (tertiary/aromatic N) is 2. The van der Waals surface area contributed by atoms with E-state index < -0.39 is 0 Å². The number of hydrogen-bond acceptors (Lipinski definition) is 2. The van der Waals surface area contributed by atoms with E-state index >= 15 is 0 Å². The lowest BCUT2D eigenvalue weighted by atomic mass is 9.99. The summed E-state index contributed by atoms with van der Waals surface area (Å²) in [5.74, 6) is -0.258. The summed E-state index contributed by atoms with van der Waals surface area (Å²) in [4.78, 5) is 6.49. The Morgan fingerprint density at radius 2 is 1.81 bits per heavy atom. The summed E-state index contributed by atoms with van der Waals surface area (Å²) < 4.78 is 13.9. The first kappa shape index (κ1) is 12.3. The van der Waals surface area contributed by atoms with E-state index in [-0.39, 0.29) is 5.82 Å². The number of fused-ring (bicyclic) bond motifs is 2. The number of aromatic nitrogens is 1. The lowest BCUT2D eigenvalue weighted by Crippen LogP contribution is -2.30. The van der Waals surface area contributed by atoms with Crippen LogP contribution in [0.5, 0.6) is 0 Å². The van der Waals surface area contributed by atoms with Crippen molar-refractivity contribution in [2.75, 3.05) is 11.4 Å². The molecule has 21 heavy (non-hydrogen) atoms. The maximum atomic E-state index is 13.9. The fraction of sp³-hybridized carbons (Fsp3) is 0.167. The van der Waals surface area contributed by atoms with Crippen LogP contribution in [0, 0.1) is 5.82 Å². The third-order valence-corrected chi connectivity index (χ3v) is 4.17. The Balaban J connectivity index is 1.80. The minimum Gasteiger partial charge on any atom is -0.366 e. The molecule has 3 aromatic rings. The zero-order chi connectivity index (χ0) is 14.2. The van der Waals surface area contributed by atoms with Crippen molar-refractivity contribution >= 4 is 16.6 Å². The van der Waals surface area contributed by atoms with E-state index in [2.05, 4.69) is 34.1 Å². The zero-order valence-corrected chi connectivity index (χ0v) is 11.6. The molecule has 0 unspecified atom stereocenters. The van der Waals surface area contributed by atoms with Crippen LogP contribution in [-0.4, -0.2) is 11.5 Å². The van der Waals surface area contributed by atoms with Crippen LogP contribution < -0.4 is 4.90 Å². The number of halogens is 1. The van der Waals surface area contributed by atoms with Crippen molar-refractivity contribution in [1.29, 1.82) is 0 Å². The molecule has 2 nitrogen and oxygen atoms in total. The van der Waals surface area contributed by atoms with Crippen molar-refractivity contribution in [2.45, 2.75) is 13.0 Å². The molecule has 0 spiro atoms. The monoisotopic (exact) mass is 278 g/mol. The molecular weight excluding hydrogens is 263 g/mol. The number of rotatable bonds is 1. The molecule has 3 heteroatoms. The van der Waals surface area contributed by atoms with Crippen molar-refractivity contribution < 1.29 is 4.39 Å². The Morgan fingerprint density at radius 1 is 0.952 bits per heavy atom. The minimum absolute atomic E-state index is 0.258. The Hall–Kier alpha value is -2.42. The maximum Gasteiger partial charge on any atom is 0.149 e. The Morgan fingerprint density at radius 3 is 2.71 bits per heavy atom. The number of anilines is 1. The van der Waals surface area contributed by atoms with Gasteiger partial charge in [0.1, 0.15) is 11.3 Å². The van der Waals surface area contributed by atoms with Gasteiger partial charge in [-0.3, -0.25) is 4.98 Å². The van der Waals surface area contributed by atoms with Gasteiger partial charge in [-0.25, -0.2) is 4.39 Å². The van der Waals surface area contributed by atoms with Gasteiger partial charge in [0.05, 0.1) is 0 Å². The molecule has 2 aromatic carbocycles. The van der Waals surface area contributed by atoms with Crippen LogP contribution in [0.4, 0.5) is 10.1 Å². The first-order chi connectivity index (χ1) is 10.3. The molecule has 0 bridgehead atoms. The van der Waals surface area contributed by atoms with Crippen molar-refractivity contribution in [3.8, 4) is 0 Å². The summed E-state index contributed by atoms with van der Waals surface area (Å²) in [5.41, 5.74) is 4.28. The highest BCUT2D eigenvalue weighted by Gasteiger charge is 2.18. The molecule has 4 rings (SSSR count). The summed E-state index contributed by atoms with van der Waals surface area (Å²) >= 11 is 0. The Labute approximate surface area is 122 Å². The van der Waals surface area contributed by atoms with E-state index in [1.54, 1.807) is 12.3 Å². The molecule has 2 heterocycles. The molecule has 0 N–H and O–H groups in total. The maximum absolute atomic E-state index is 13.9. The average molecular weight is 278 g/mol. The van der Waals surface area contributed by atoms with Crippen LogP contribution in [-0.2, 0) is 13.0 Å². The second-order valence-corrected chi connectivity index (χ2v) is 5.41. The summed E-state index contributed by atoms with van der Waals surface area (Å²) in [6.45, 7) is 1.82. The topological polar surface area (TPSA) is 16.1 Å². The van der Waals surface area contributed by atoms with Crippen LogP contribution in [0.1, 0.15) is 11.1 Å². The van der Waals surface area contributed by atoms with Crippen molar-refractivity contribution in [3.63, 3.8) is 0 Å². The molecule has 0 saturated carbocycles. The highest BCUT2D eigenvalue weighted by molar-refractivity contribution is 5.91. The number of hydrogen-bond donors (Lipinski definition) is 0. The van der Waals surface area contributed by atoms with Gasteiger partial charge in [0.25, 0.3) is 0 Å². The van der Waals surface area contributed by atoms with E-state index in [4.69, 9.17) is 0 Å². The SMILES string of the molecule is Fc1cccc2c(N3CCc4ccccc4C3)ccnc12. The van der Waals surface area contributed by atoms with Gasteiger partial charge in [-0.1, -0.05) is 36.4 Å². The summed E-state index contributed by atoms with van der Waals surface area (Å²) in [7, 11) is 0. The molecule has 1 aliphatic rings. The second-order valence-electron chi connectivity index (χ2n) is 5.41. The predicted molar refractivity (Wildman–Crippen MR) is 82.9 cm³/mol. The van der Waals surface area contributed by atoms with E-state index in [0.29, 0.717) is 5.52 Å². The summed E-state index contributed by atoms with van der Waals surface area (Å²) in [6.07, 6.45) is 2.72. The van der Waals surface area contributed by atoms with E-state index in [9.17, 15) is 4.39 Å². The van der Waals surface area contributed by atoms with Crippen LogP contribution in [0.2, 0.25) is 0 Å². The molecule has 0 atom stereocenters. The van der Waals surface area contributed by atoms with Gasteiger partial charge in [-0.05, 0) is 29.7 Å². The minimum atomic E-state index is -0.258. The number of benzene rings is 2. The van der Waals surface area contributed by atoms with Gasteiger partial charge >= 0.3 is 0 Å². The summed E-state index contributed by atoms with van der Waals surface area (Å²) in [6, 6.07) is 15.7. The smallest absolute Gasteiger partial charge is 0.149 e. The lowest BCUT2D eigenvalue weighted by Gasteiger charge is -2.31. The van der Waals surface area contributed by atoms with Gasteiger partial charge < -0.3 is 4.90 Å². The standard InChI is InChI=1S/C18H15FN2/c19-16-7-3-6-15-17(8-10-20-18(15)16)21-11-9-13-4-1-2-5-14(13)12-21/h1-8,10H,9,11-12H2. The molecule has 0 saturated heterocycles. The third kappa shape index (κ3) is 2.05. The molecule has 104 valence electrons. The molecular formula is C18H15FN2. The van der Waals surface area contributed by atoms with Gasteiger partial charge in [0, 0.05) is 30.4 Å². The van der Waals surface area contributed by atoms with Gasteiger partial charge in [0.2, 0.25) is 0 Å². The first-order valence-corrected chi connectivity index (χ1v) is 7.18. The average Bonchev–Trinajstić information content (AvgIpc) is 2.54. The zero-order valence-electron chi connectivity index (χ0n) is 11.6. The van der Waals surface area contributed by atoms with Crippen LogP contribution in [0.15, 0.2) is 54.7 Å². The largest absolute Gasteiger partial charge is 0.366 e. The molecule has 1 aromatic heterocycles. The first-order valence-electron chi connectivity index (χ1n) is 7.18. The highest BCUT2D eigenvalue weighted by Crippen LogP contribution is 2.30. The van der Waals surface area contributed by atoms with Crippen molar-refractivity contribution in [3.05, 3.63) is 71.7 Å². The van der Waals surface area contributed by atoms with Crippen LogP contribution in [0.25, 0.3) is 10.9 Å². The molecule has 1 aliphatic heterocycles. The van der Waals surface area contributed by atoms with E-state index in [1.807, 2.05) is 12.1 Å². The molecule has 0 radical (unpaired) electrons. The summed E-state index contributed by atoms with van der Waals surface area (Å²) in [5, 5.41) is 0.886. The number of pyridine rings is 1. The van der Waals surface area contributed by atoms with Crippen molar-refractivity contribution in [1.82, 2.24) is 4.98 Å². The predicted octanol–water partition coefficient (Wildman–Crippen LogP) is 3.94. The third-order valence-electron chi connectivity index (χ3n) is 4.17. The highest BCUT2D eigenvalue weighted by atomic mass is 19.1. The molecule has 0 fully saturated rings. The van der Waals surface area contributed by atoms with Gasteiger partial charge in [-0.15, -0.1) is 0 Å².